The van der Waals surface area contributed by atoms with Crippen LogP contribution in [-0.4, -0.2) is 38.6 Å². The van der Waals surface area contributed by atoms with Gasteiger partial charge < -0.3 is 14.8 Å². The molecule has 26 heavy (non-hydrogen) atoms. The van der Waals surface area contributed by atoms with Crippen LogP contribution in [0.4, 0.5) is 13.2 Å². The average Bonchev–Trinajstić information content (AvgIpc) is 3.49. The van der Waals surface area contributed by atoms with Crippen molar-refractivity contribution in [2.75, 3.05) is 0 Å². The first kappa shape index (κ1) is 18.2. The number of rotatable bonds is 4. The molecule has 2 N–H and O–H groups in total. The summed E-state index contributed by atoms with van der Waals surface area (Å²) in [6.07, 6.45) is 3.61. The van der Waals surface area contributed by atoms with Gasteiger partial charge in [-0.15, -0.1) is 0 Å². The molecule has 0 aliphatic heterocycles. The number of nitrogens with zero attached hydrogens (tertiary/aromatic N) is 2. The fraction of sp³-hybridized carbons (Fsp3) is 0.471. The molecule has 0 atom stereocenters. The van der Waals surface area contributed by atoms with E-state index in [0.29, 0.717) is 23.6 Å². The van der Waals surface area contributed by atoms with Gasteiger partial charge in [-0.25, -0.2) is 9.78 Å². The third kappa shape index (κ3) is 4.33. The van der Waals surface area contributed by atoms with Crippen LogP contribution in [0.15, 0.2) is 30.7 Å². The molecule has 2 aliphatic rings. The summed E-state index contributed by atoms with van der Waals surface area (Å²) in [5, 5.41) is 10.3. The number of hydrogen-bond acceptors (Lipinski definition) is 3. The van der Waals surface area contributed by atoms with Crippen LogP contribution in [-0.2, 0) is 4.79 Å². The van der Waals surface area contributed by atoms with E-state index in [1.807, 2.05) is 28.8 Å². The number of fused-ring (bicyclic) bond motifs is 1. The lowest BCUT2D eigenvalue weighted by Crippen LogP contribution is -2.38. The van der Waals surface area contributed by atoms with Crippen LogP contribution >= 0.6 is 0 Å². The lowest BCUT2D eigenvalue weighted by molar-refractivity contribution is -0.192. The first-order valence-corrected chi connectivity index (χ1v) is 8.30. The number of aliphatic carboxylic acids is 1. The van der Waals surface area contributed by atoms with Crippen molar-refractivity contribution in [3.63, 3.8) is 0 Å². The highest BCUT2D eigenvalue weighted by molar-refractivity contribution is 5.99. The fourth-order valence-corrected chi connectivity index (χ4v) is 2.87. The van der Waals surface area contributed by atoms with E-state index in [-0.39, 0.29) is 5.91 Å². The number of hydrogen-bond donors (Lipinski definition) is 2. The maximum absolute atomic E-state index is 12.4. The SMILES string of the molecule is O=C(NC(C1CC1)C1CC1)c1ncn2ccccc12.O=C(O)C(F)(F)F. The van der Waals surface area contributed by atoms with E-state index in [1.165, 1.54) is 25.7 Å². The molecule has 4 rings (SSSR count). The van der Waals surface area contributed by atoms with Gasteiger partial charge in [-0.2, -0.15) is 13.2 Å². The molecule has 140 valence electrons. The van der Waals surface area contributed by atoms with Crippen molar-refractivity contribution in [2.45, 2.75) is 37.9 Å². The molecular weight excluding hydrogens is 351 g/mol. The Labute approximate surface area is 147 Å². The molecule has 0 unspecified atom stereocenters. The zero-order valence-corrected chi connectivity index (χ0v) is 13.7. The van der Waals surface area contributed by atoms with E-state index in [9.17, 15) is 18.0 Å². The molecule has 0 bridgehead atoms. The molecule has 0 spiro atoms. The molecule has 0 saturated heterocycles. The highest BCUT2D eigenvalue weighted by Crippen LogP contribution is 2.44. The van der Waals surface area contributed by atoms with Crippen molar-refractivity contribution in [2.24, 2.45) is 11.8 Å². The monoisotopic (exact) mass is 369 g/mol. The Bertz CT molecular complexity index is 798. The summed E-state index contributed by atoms with van der Waals surface area (Å²) in [4.78, 5) is 25.6. The van der Waals surface area contributed by atoms with Crippen LogP contribution in [0.2, 0.25) is 0 Å². The lowest BCUT2D eigenvalue weighted by atomic mass is 10.1. The zero-order chi connectivity index (χ0) is 18.9. The lowest BCUT2D eigenvalue weighted by Gasteiger charge is -2.16. The second-order valence-corrected chi connectivity index (χ2v) is 6.56. The van der Waals surface area contributed by atoms with Crippen molar-refractivity contribution in [1.82, 2.24) is 14.7 Å². The summed E-state index contributed by atoms with van der Waals surface area (Å²) in [5.74, 6) is -1.35. The van der Waals surface area contributed by atoms with Crippen LogP contribution in [0.5, 0.6) is 0 Å². The van der Waals surface area contributed by atoms with Crippen molar-refractivity contribution in [3.8, 4) is 0 Å². The van der Waals surface area contributed by atoms with E-state index in [0.717, 1.165) is 5.52 Å². The Morgan fingerprint density at radius 2 is 1.77 bits per heavy atom. The van der Waals surface area contributed by atoms with E-state index in [2.05, 4.69) is 10.3 Å². The van der Waals surface area contributed by atoms with Gasteiger partial charge in [0.25, 0.3) is 5.91 Å². The summed E-state index contributed by atoms with van der Waals surface area (Å²) in [6, 6.07) is 6.19. The minimum Gasteiger partial charge on any atom is -0.475 e. The van der Waals surface area contributed by atoms with Gasteiger partial charge in [0.1, 0.15) is 6.33 Å². The van der Waals surface area contributed by atoms with Crippen molar-refractivity contribution in [3.05, 3.63) is 36.4 Å². The summed E-state index contributed by atoms with van der Waals surface area (Å²) < 4.78 is 33.6. The maximum Gasteiger partial charge on any atom is 0.490 e. The first-order valence-electron chi connectivity index (χ1n) is 8.30. The van der Waals surface area contributed by atoms with Gasteiger partial charge in [0.05, 0.1) is 5.52 Å². The van der Waals surface area contributed by atoms with Gasteiger partial charge in [0.15, 0.2) is 5.69 Å². The van der Waals surface area contributed by atoms with Crippen LogP contribution in [0.25, 0.3) is 5.52 Å². The van der Waals surface area contributed by atoms with Crippen LogP contribution in [0.1, 0.15) is 36.2 Å². The zero-order valence-electron chi connectivity index (χ0n) is 13.7. The number of amides is 1. The molecule has 2 saturated carbocycles. The quantitative estimate of drug-likeness (QED) is 0.868. The van der Waals surface area contributed by atoms with Gasteiger partial charge in [0.2, 0.25) is 0 Å². The number of carboxylic acids is 1. The standard InChI is InChI=1S/C15H17N3O.C2HF3O2/c19-15(17-13(10-4-5-10)11-6-7-11)14-12-3-1-2-8-18(12)9-16-14;3-2(4,5)1(6)7/h1-3,8-11,13H,4-7H2,(H,17,19);(H,6,7). The molecule has 6 nitrogen and oxygen atoms in total. The Hall–Kier alpha value is -2.58. The highest BCUT2D eigenvalue weighted by Gasteiger charge is 2.42. The average molecular weight is 369 g/mol. The van der Waals surface area contributed by atoms with Crippen LogP contribution in [0.3, 0.4) is 0 Å². The molecule has 0 radical (unpaired) electrons. The third-order valence-corrected chi connectivity index (χ3v) is 4.46. The minimum absolute atomic E-state index is 0.0162. The Morgan fingerprint density at radius 3 is 2.27 bits per heavy atom. The van der Waals surface area contributed by atoms with Gasteiger partial charge in [0, 0.05) is 12.2 Å². The molecule has 1 amide bonds. The number of carbonyl (C=O) groups is 2. The topological polar surface area (TPSA) is 83.7 Å². The van der Waals surface area contributed by atoms with Gasteiger partial charge in [-0.1, -0.05) is 6.07 Å². The van der Waals surface area contributed by atoms with Gasteiger partial charge in [-0.05, 0) is 49.7 Å². The number of nitrogens with one attached hydrogen (secondary N) is 1. The number of imidazole rings is 1. The number of aromatic nitrogens is 2. The summed E-state index contributed by atoms with van der Waals surface area (Å²) in [5.41, 5.74) is 1.43. The van der Waals surface area contributed by atoms with E-state index in [1.54, 1.807) is 6.33 Å². The maximum atomic E-state index is 12.4. The Morgan fingerprint density at radius 1 is 1.19 bits per heavy atom. The molecule has 2 fully saturated rings. The minimum atomic E-state index is -5.08. The smallest absolute Gasteiger partial charge is 0.475 e. The summed E-state index contributed by atoms with van der Waals surface area (Å²) >= 11 is 0. The van der Waals surface area contributed by atoms with E-state index in [4.69, 9.17) is 9.90 Å². The van der Waals surface area contributed by atoms with Crippen LogP contribution < -0.4 is 5.32 Å². The predicted octanol–water partition coefficient (Wildman–Crippen LogP) is 2.89. The van der Waals surface area contributed by atoms with Crippen molar-refractivity contribution >= 4 is 17.4 Å². The van der Waals surface area contributed by atoms with E-state index < -0.39 is 12.1 Å². The fourth-order valence-electron chi connectivity index (χ4n) is 2.87. The molecule has 2 aromatic rings. The molecule has 2 aliphatic carbocycles. The highest BCUT2D eigenvalue weighted by atomic mass is 19.4. The largest absolute Gasteiger partial charge is 0.490 e. The molecule has 2 heterocycles. The van der Waals surface area contributed by atoms with Crippen molar-refractivity contribution < 1.29 is 27.9 Å². The number of carboxylic acid groups (broad SMARTS) is 1. The van der Waals surface area contributed by atoms with Gasteiger partial charge >= 0.3 is 12.1 Å². The predicted molar refractivity (Wildman–Crippen MR) is 85.6 cm³/mol. The van der Waals surface area contributed by atoms with Crippen molar-refractivity contribution in [1.29, 1.82) is 0 Å². The summed E-state index contributed by atoms with van der Waals surface area (Å²) in [7, 11) is 0. The first-order chi connectivity index (χ1) is 12.3. The molecule has 2 aromatic heterocycles. The molecule has 0 aromatic carbocycles. The summed E-state index contributed by atoms with van der Waals surface area (Å²) in [6.45, 7) is 0. The van der Waals surface area contributed by atoms with Crippen LogP contribution in [0, 0.1) is 11.8 Å². The Kier molecular flexibility index (Phi) is 4.88. The second-order valence-electron chi connectivity index (χ2n) is 6.56. The number of halogens is 3. The molecular formula is C17H18F3N3O3. The third-order valence-electron chi connectivity index (χ3n) is 4.46. The molecule has 9 heteroatoms. The normalized spacial score (nSPS) is 16.9. The van der Waals surface area contributed by atoms with Gasteiger partial charge in [-0.3, -0.25) is 4.79 Å². The number of carbonyl (C=O) groups excluding carboxylic acids is 1. The Balaban J connectivity index is 0.000000242. The second kappa shape index (κ2) is 6.97. The number of pyridine rings is 1. The number of alkyl halides is 3. The van der Waals surface area contributed by atoms with E-state index >= 15 is 0 Å².